The molecule has 0 spiro atoms. The molecule has 1 heterocycles. The summed E-state index contributed by atoms with van der Waals surface area (Å²) in [4.78, 5) is 12.5. The number of hydrogen-bond acceptors (Lipinski definition) is 7. The van der Waals surface area contributed by atoms with Crippen LogP contribution in [-0.2, 0) is 0 Å². The third-order valence-electron chi connectivity index (χ3n) is 1.57. The van der Waals surface area contributed by atoms with E-state index in [1.54, 1.807) is 0 Å². The summed E-state index contributed by atoms with van der Waals surface area (Å²) in [5, 5.41) is 17.1. The first-order chi connectivity index (χ1) is 7.94. The van der Waals surface area contributed by atoms with Gasteiger partial charge in [-0.25, -0.2) is 0 Å². The number of thioether (sulfide) groups is 1. The van der Waals surface area contributed by atoms with Gasteiger partial charge in [0.2, 0.25) is 17.1 Å². The molecular weight excluding hydrogens is 236 g/mol. The average Bonchev–Trinajstić information content (AvgIpc) is 2.15. The summed E-state index contributed by atoms with van der Waals surface area (Å²) in [5.74, 6) is 0.952. The molecule has 1 aromatic rings. The number of aromatic nitrogens is 3. The van der Waals surface area contributed by atoms with Crippen LogP contribution in [0.4, 0.5) is 11.9 Å². The lowest BCUT2D eigenvalue weighted by Gasteiger charge is -2.20. The van der Waals surface area contributed by atoms with E-state index in [1.165, 1.54) is 0 Å². The maximum atomic E-state index is 8.64. The molecule has 0 unspecified atom stereocenters. The molecule has 0 amide bonds. The van der Waals surface area contributed by atoms with Crippen molar-refractivity contribution in [3.8, 4) is 5.40 Å². The second-order valence-corrected chi connectivity index (χ2v) is 5.12. The van der Waals surface area contributed by atoms with Crippen LogP contribution in [0.2, 0.25) is 0 Å². The van der Waals surface area contributed by atoms with Gasteiger partial charge in [-0.05, 0) is 27.7 Å². The molecule has 7 heteroatoms. The molecule has 17 heavy (non-hydrogen) atoms. The maximum Gasteiger partial charge on any atom is 0.228 e. The second-order valence-electron chi connectivity index (χ2n) is 4.36. The smallest absolute Gasteiger partial charge is 0.228 e. The van der Waals surface area contributed by atoms with Crippen LogP contribution < -0.4 is 10.6 Å². The van der Waals surface area contributed by atoms with E-state index in [0.717, 1.165) is 18.3 Å². The fourth-order valence-corrected chi connectivity index (χ4v) is 1.42. The SMILES string of the molecule is CCNc1nc(NC(C)(C)C)nc(SC#N)n1. The number of nitrogens with one attached hydrogen (secondary N) is 2. The fraction of sp³-hybridized carbons (Fsp3) is 0.600. The van der Waals surface area contributed by atoms with Gasteiger partial charge < -0.3 is 10.6 Å². The zero-order chi connectivity index (χ0) is 12.9. The third-order valence-corrected chi connectivity index (χ3v) is 2.03. The number of nitriles is 1. The van der Waals surface area contributed by atoms with Gasteiger partial charge >= 0.3 is 0 Å². The number of rotatable bonds is 4. The van der Waals surface area contributed by atoms with E-state index in [2.05, 4.69) is 25.6 Å². The number of hydrogen-bond donors (Lipinski definition) is 2. The molecule has 0 bridgehead atoms. The minimum Gasteiger partial charge on any atom is -0.354 e. The molecule has 0 saturated carbocycles. The zero-order valence-electron chi connectivity index (χ0n) is 10.4. The summed E-state index contributed by atoms with van der Waals surface area (Å²) >= 11 is 0.919. The monoisotopic (exact) mass is 252 g/mol. The molecule has 0 aliphatic rings. The molecule has 0 aromatic carbocycles. The van der Waals surface area contributed by atoms with Crippen molar-refractivity contribution < 1.29 is 0 Å². The van der Waals surface area contributed by atoms with Gasteiger partial charge in [0.05, 0.1) is 0 Å². The molecule has 0 aliphatic heterocycles. The van der Waals surface area contributed by atoms with Crippen molar-refractivity contribution in [3.63, 3.8) is 0 Å². The van der Waals surface area contributed by atoms with Gasteiger partial charge in [0.1, 0.15) is 5.40 Å². The van der Waals surface area contributed by atoms with Crippen molar-refractivity contribution in [2.75, 3.05) is 17.2 Å². The first-order valence-corrected chi connectivity index (χ1v) is 6.10. The van der Waals surface area contributed by atoms with Gasteiger partial charge in [-0.15, -0.1) is 0 Å². The Hall–Kier alpha value is -1.55. The fourth-order valence-electron chi connectivity index (χ4n) is 1.07. The van der Waals surface area contributed by atoms with E-state index >= 15 is 0 Å². The molecule has 92 valence electrons. The molecule has 0 fully saturated rings. The predicted molar refractivity (Wildman–Crippen MR) is 68.8 cm³/mol. The van der Waals surface area contributed by atoms with E-state index in [1.807, 2.05) is 33.1 Å². The summed E-state index contributed by atoms with van der Waals surface area (Å²) in [6.07, 6.45) is 0. The van der Waals surface area contributed by atoms with E-state index in [9.17, 15) is 0 Å². The standard InChI is InChI=1S/C10H16N6S/c1-5-12-7-13-8(16-10(2,3)4)15-9(14-7)17-6-11/h5H2,1-4H3,(H2,12,13,14,15,16). The highest BCUT2D eigenvalue weighted by atomic mass is 32.2. The minimum absolute atomic E-state index is 0.139. The van der Waals surface area contributed by atoms with Gasteiger partial charge in [-0.3, -0.25) is 0 Å². The molecule has 1 rings (SSSR count). The molecule has 0 atom stereocenters. The van der Waals surface area contributed by atoms with Crippen molar-refractivity contribution in [2.45, 2.75) is 38.4 Å². The molecule has 0 radical (unpaired) electrons. The van der Waals surface area contributed by atoms with Crippen LogP contribution in [-0.4, -0.2) is 27.0 Å². The highest BCUT2D eigenvalue weighted by Crippen LogP contribution is 2.17. The van der Waals surface area contributed by atoms with Gasteiger partial charge in [0.15, 0.2) is 0 Å². The van der Waals surface area contributed by atoms with Crippen molar-refractivity contribution in [1.82, 2.24) is 15.0 Å². The quantitative estimate of drug-likeness (QED) is 0.626. The van der Waals surface area contributed by atoms with Gasteiger partial charge in [-0.1, -0.05) is 0 Å². The largest absolute Gasteiger partial charge is 0.354 e. The van der Waals surface area contributed by atoms with E-state index in [-0.39, 0.29) is 5.54 Å². The van der Waals surface area contributed by atoms with Crippen LogP contribution in [0.15, 0.2) is 5.16 Å². The Labute approximate surface area is 105 Å². The molecule has 6 nitrogen and oxygen atoms in total. The van der Waals surface area contributed by atoms with Gasteiger partial charge in [-0.2, -0.15) is 20.2 Å². The summed E-state index contributed by atoms with van der Waals surface area (Å²) in [6.45, 7) is 8.72. The predicted octanol–water partition coefficient (Wildman–Crippen LogP) is 2.09. The Bertz CT molecular complexity index is 420. The normalized spacial score (nSPS) is 10.8. The molecule has 0 saturated heterocycles. The van der Waals surface area contributed by atoms with E-state index < -0.39 is 0 Å². The Balaban J connectivity index is 2.99. The molecule has 2 N–H and O–H groups in total. The summed E-state index contributed by atoms with van der Waals surface area (Å²) < 4.78 is 0. The lowest BCUT2D eigenvalue weighted by atomic mass is 10.1. The van der Waals surface area contributed by atoms with Crippen LogP contribution in [0.3, 0.4) is 0 Å². The Kier molecular flexibility index (Phi) is 4.52. The lowest BCUT2D eigenvalue weighted by Crippen LogP contribution is -2.27. The van der Waals surface area contributed by atoms with Crippen molar-refractivity contribution in [1.29, 1.82) is 5.26 Å². The Morgan fingerprint density at radius 2 is 1.88 bits per heavy atom. The van der Waals surface area contributed by atoms with Crippen LogP contribution in [0.1, 0.15) is 27.7 Å². The van der Waals surface area contributed by atoms with E-state index in [4.69, 9.17) is 5.26 Å². The summed E-state index contributed by atoms with van der Waals surface area (Å²) in [5.41, 5.74) is -0.139. The van der Waals surface area contributed by atoms with Gasteiger partial charge in [0, 0.05) is 23.8 Å². The highest BCUT2D eigenvalue weighted by Gasteiger charge is 2.13. The maximum absolute atomic E-state index is 8.64. The summed E-state index contributed by atoms with van der Waals surface area (Å²) in [6, 6.07) is 0. The van der Waals surface area contributed by atoms with Crippen LogP contribution in [0.5, 0.6) is 0 Å². The van der Waals surface area contributed by atoms with Crippen molar-refractivity contribution in [3.05, 3.63) is 0 Å². The number of thiocyanates is 1. The number of anilines is 2. The van der Waals surface area contributed by atoms with Crippen molar-refractivity contribution in [2.24, 2.45) is 0 Å². The Morgan fingerprint density at radius 3 is 2.41 bits per heavy atom. The Morgan fingerprint density at radius 1 is 1.24 bits per heavy atom. The average molecular weight is 252 g/mol. The van der Waals surface area contributed by atoms with E-state index in [0.29, 0.717) is 17.1 Å². The topological polar surface area (TPSA) is 86.5 Å². The van der Waals surface area contributed by atoms with Crippen molar-refractivity contribution >= 4 is 23.7 Å². The third kappa shape index (κ3) is 4.87. The lowest BCUT2D eigenvalue weighted by molar-refractivity contribution is 0.622. The zero-order valence-corrected chi connectivity index (χ0v) is 11.2. The first kappa shape index (κ1) is 13.5. The molecule has 0 aliphatic carbocycles. The number of nitrogens with zero attached hydrogens (tertiary/aromatic N) is 4. The molecule has 1 aromatic heterocycles. The minimum atomic E-state index is -0.139. The highest BCUT2D eigenvalue weighted by molar-refractivity contribution is 8.03. The second kappa shape index (κ2) is 5.68. The van der Waals surface area contributed by atoms with Gasteiger partial charge in [0.25, 0.3) is 0 Å². The van der Waals surface area contributed by atoms with Crippen LogP contribution in [0, 0.1) is 10.7 Å². The van der Waals surface area contributed by atoms with Crippen LogP contribution in [0.25, 0.3) is 0 Å². The summed E-state index contributed by atoms with van der Waals surface area (Å²) in [7, 11) is 0. The first-order valence-electron chi connectivity index (χ1n) is 5.28. The molecular formula is C10H16N6S. The van der Waals surface area contributed by atoms with Crippen LogP contribution >= 0.6 is 11.8 Å².